The summed E-state index contributed by atoms with van der Waals surface area (Å²) in [6.45, 7) is 5.51. The molecule has 1 saturated heterocycles. The van der Waals surface area contributed by atoms with Crippen LogP contribution >= 0.6 is 11.3 Å². The summed E-state index contributed by atoms with van der Waals surface area (Å²) < 4.78 is 5.77. The first-order valence-corrected chi connectivity index (χ1v) is 7.77. The minimum atomic E-state index is -0.176. The number of hydrogen-bond acceptors (Lipinski definition) is 5. The van der Waals surface area contributed by atoms with Crippen LogP contribution in [0.4, 0.5) is 0 Å². The van der Waals surface area contributed by atoms with E-state index in [-0.39, 0.29) is 12.0 Å². The summed E-state index contributed by atoms with van der Waals surface area (Å²) >= 11 is 1.49. The van der Waals surface area contributed by atoms with Crippen LogP contribution in [0.25, 0.3) is 0 Å². The first-order valence-electron chi connectivity index (χ1n) is 6.89. The van der Waals surface area contributed by atoms with E-state index in [1.807, 2.05) is 36.3 Å². The highest BCUT2D eigenvalue weighted by Crippen LogP contribution is 2.24. The molecule has 0 bridgehead atoms. The lowest BCUT2D eigenvalue weighted by Gasteiger charge is -2.32. The average Bonchev–Trinajstić information content (AvgIpc) is 2.93. The third-order valence-corrected chi connectivity index (χ3v) is 4.54. The Hall–Kier alpha value is -1.79. The Bertz CT molecular complexity index is 656. The highest BCUT2D eigenvalue weighted by molar-refractivity contribution is 7.12. The van der Waals surface area contributed by atoms with Gasteiger partial charge in [0.25, 0.3) is 5.91 Å². The lowest BCUT2D eigenvalue weighted by atomic mass is 10.2. The van der Waals surface area contributed by atoms with E-state index in [4.69, 9.17) is 4.74 Å². The topological polar surface area (TPSA) is 55.3 Å². The minimum Gasteiger partial charge on any atom is -0.368 e. The molecule has 1 aliphatic rings. The van der Waals surface area contributed by atoms with Crippen molar-refractivity contribution in [2.45, 2.75) is 20.0 Å². The van der Waals surface area contributed by atoms with Crippen LogP contribution in [-0.2, 0) is 4.74 Å². The van der Waals surface area contributed by atoms with Crippen LogP contribution in [0, 0.1) is 13.8 Å². The van der Waals surface area contributed by atoms with Gasteiger partial charge in [0.05, 0.1) is 23.7 Å². The molecule has 3 rings (SSSR count). The van der Waals surface area contributed by atoms with Crippen molar-refractivity contribution in [1.82, 2.24) is 14.9 Å². The molecule has 3 heterocycles. The summed E-state index contributed by atoms with van der Waals surface area (Å²) in [7, 11) is 0. The number of nitrogens with zero attached hydrogens (tertiary/aromatic N) is 3. The van der Waals surface area contributed by atoms with Gasteiger partial charge >= 0.3 is 0 Å². The van der Waals surface area contributed by atoms with Crippen molar-refractivity contribution >= 4 is 17.2 Å². The number of morpholine rings is 1. The lowest BCUT2D eigenvalue weighted by Crippen LogP contribution is -2.42. The molecule has 0 saturated carbocycles. The van der Waals surface area contributed by atoms with Crippen molar-refractivity contribution in [2.24, 2.45) is 0 Å². The minimum absolute atomic E-state index is 0.0848. The third kappa shape index (κ3) is 2.96. The van der Waals surface area contributed by atoms with Crippen LogP contribution in [0.5, 0.6) is 0 Å². The number of aryl methyl sites for hydroxylation is 2. The number of thiophene rings is 1. The van der Waals surface area contributed by atoms with E-state index in [1.165, 1.54) is 11.3 Å². The normalized spacial score (nSPS) is 18.8. The quantitative estimate of drug-likeness (QED) is 0.854. The molecule has 0 radical (unpaired) electrons. The lowest BCUT2D eigenvalue weighted by molar-refractivity contribution is -0.0247. The summed E-state index contributed by atoms with van der Waals surface area (Å²) in [5.74, 6) is 0.801. The number of ether oxygens (including phenoxy) is 1. The summed E-state index contributed by atoms with van der Waals surface area (Å²) in [4.78, 5) is 23.7. The zero-order valence-corrected chi connectivity index (χ0v) is 12.9. The molecule has 1 atom stereocenters. The molecule has 0 aliphatic carbocycles. The fraction of sp³-hybridized carbons (Fsp3) is 0.400. The molecule has 110 valence electrons. The van der Waals surface area contributed by atoms with Crippen molar-refractivity contribution in [3.63, 3.8) is 0 Å². The molecule has 0 unspecified atom stereocenters. The largest absolute Gasteiger partial charge is 0.368 e. The first-order chi connectivity index (χ1) is 10.1. The molecule has 1 fully saturated rings. The first kappa shape index (κ1) is 14.2. The molecule has 0 aromatic carbocycles. The van der Waals surface area contributed by atoms with Crippen molar-refractivity contribution in [3.05, 3.63) is 45.7 Å². The average molecular weight is 303 g/mol. The van der Waals surface area contributed by atoms with E-state index in [0.29, 0.717) is 25.5 Å². The second-order valence-electron chi connectivity index (χ2n) is 5.07. The Kier molecular flexibility index (Phi) is 3.98. The molecular formula is C15H17N3O2S. The fourth-order valence-corrected chi connectivity index (χ4v) is 3.29. The van der Waals surface area contributed by atoms with Crippen LogP contribution in [0.3, 0.4) is 0 Å². The van der Waals surface area contributed by atoms with Gasteiger partial charge in [0, 0.05) is 12.7 Å². The second-order valence-corrected chi connectivity index (χ2v) is 5.99. The Labute approximate surface area is 127 Å². The summed E-state index contributed by atoms with van der Waals surface area (Å²) in [5.41, 5.74) is 1.87. The van der Waals surface area contributed by atoms with Gasteiger partial charge in [-0.2, -0.15) is 0 Å². The summed E-state index contributed by atoms with van der Waals surface area (Å²) in [6.07, 6.45) is 1.55. The summed E-state index contributed by atoms with van der Waals surface area (Å²) in [5, 5.41) is 1.95. The van der Waals surface area contributed by atoms with Crippen LogP contribution < -0.4 is 0 Å². The predicted molar refractivity (Wildman–Crippen MR) is 80.4 cm³/mol. The van der Waals surface area contributed by atoms with Crippen molar-refractivity contribution in [3.8, 4) is 0 Å². The van der Waals surface area contributed by atoms with E-state index >= 15 is 0 Å². The molecular weight excluding hydrogens is 286 g/mol. The fourth-order valence-electron chi connectivity index (χ4n) is 2.40. The van der Waals surface area contributed by atoms with Crippen molar-refractivity contribution < 1.29 is 9.53 Å². The van der Waals surface area contributed by atoms with E-state index < -0.39 is 0 Å². The Morgan fingerprint density at radius 2 is 2.29 bits per heavy atom. The van der Waals surface area contributed by atoms with Crippen LogP contribution in [0.15, 0.2) is 23.7 Å². The van der Waals surface area contributed by atoms with E-state index in [9.17, 15) is 4.79 Å². The van der Waals surface area contributed by atoms with Gasteiger partial charge in [-0.3, -0.25) is 4.79 Å². The zero-order chi connectivity index (χ0) is 14.8. The third-order valence-electron chi connectivity index (χ3n) is 3.54. The molecule has 2 aromatic heterocycles. The molecule has 5 nitrogen and oxygen atoms in total. The number of carbonyl (C=O) groups excluding carboxylic acids is 1. The maximum Gasteiger partial charge on any atom is 0.264 e. The van der Waals surface area contributed by atoms with Crippen LogP contribution in [0.1, 0.15) is 32.9 Å². The molecule has 0 N–H and O–H groups in total. The molecule has 1 aliphatic heterocycles. The smallest absolute Gasteiger partial charge is 0.264 e. The van der Waals surface area contributed by atoms with Gasteiger partial charge in [0.2, 0.25) is 0 Å². The van der Waals surface area contributed by atoms with Gasteiger partial charge in [-0.05, 0) is 36.9 Å². The maximum absolute atomic E-state index is 12.6. The number of hydrogen-bond donors (Lipinski definition) is 0. The van der Waals surface area contributed by atoms with Crippen molar-refractivity contribution in [2.75, 3.05) is 19.7 Å². The highest BCUT2D eigenvalue weighted by Gasteiger charge is 2.28. The molecule has 2 aromatic rings. The number of aromatic nitrogens is 2. The van der Waals surface area contributed by atoms with Crippen LogP contribution in [0.2, 0.25) is 0 Å². The van der Waals surface area contributed by atoms with Gasteiger partial charge in [0.1, 0.15) is 11.9 Å². The number of amides is 1. The Morgan fingerprint density at radius 3 is 3.00 bits per heavy atom. The van der Waals surface area contributed by atoms with Gasteiger partial charge in [-0.15, -0.1) is 11.3 Å². The van der Waals surface area contributed by atoms with E-state index in [2.05, 4.69) is 9.97 Å². The van der Waals surface area contributed by atoms with Crippen molar-refractivity contribution in [1.29, 1.82) is 0 Å². The number of rotatable bonds is 2. The van der Waals surface area contributed by atoms with Gasteiger partial charge in [0.15, 0.2) is 0 Å². The number of carbonyl (C=O) groups is 1. The van der Waals surface area contributed by atoms with Gasteiger partial charge in [-0.25, -0.2) is 9.97 Å². The Morgan fingerprint density at radius 1 is 1.43 bits per heavy atom. The monoisotopic (exact) mass is 303 g/mol. The maximum atomic E-state index is 12.6. The van der Waals surface area contributed by atoms with E-state index in [0.717, 1.165) is 16.1 Å². The standard InChI is InChI=1S/C15H17N3O2S/c1-10-4-8-21-14(10)15(19)18-6-7-20-13(9-18)12-3-5-16-11(2)17-12/h3-5,8,13H,6-7,9H2,1-2H3/t13-/m0/s1. The molecule has 0 spiro atoms. The SMILES string of the molecule is Cc1nccc([C@@H]2CN(C(=O)c3sccc3C)CCO2)n1. The van der Waals surface area contributed by atoms with Gasteiger partial charge < -0.3 is 9.64 Å². The zero-order valence-electron chi connectivity index (χ0n) is 12.1. The molecule has 21 heavy (non-hydrogen) atoms. The molecule has 6 heteroatoms. The predicted octanol–water partition coefficient (Wildman–Crippen LogP) is 2.37. The van der Waals surface area contributed by atoms with Crippen LogP contribution in [-0.4, -0.2) is 40.5 Å². The Balaban J connectivity index is 1.77. The molecule has 1 amide bonds. The van der Waals surface area contributed by atoms with E-state index in [1.54, 1.807) is 6.20 Å². The van der Waals surface area contributed by atoms with Gasteiger partial charge in [-0.1, -0.05) is 0 Å². The highest BCUT2D eigenvalue weighted by atomic mass is 32.1. The second kappa shape index (κ2) is 5.91. The summed E-state index contributed by atoms with van der Waals surface area (Å²) in [6, 6.07) is 3.83.